The van der Waals surface area contributed by atoms with Gasteiger partial charge in [0.05, 0.1) is 23.2 Å². The van der Waals surface area contributed by atoms with Crippen molar-refractivity contribution in [2.24, 2.45) is 5.92 Å². The van der Waals surface area contributed by atoms with Crippen LogP contribution in [0.25, 0.3) is 0 Å². The summed E-state index contributed by atoms with van der Waals surface area (Å²) in [5, 5.41) is 23.5. The van der Waals surface area contributed by atoms with Gasteiger partial charge < -0.3 is 10.1 Å². The quantitative estimate of drug-likeness (QED) is 0.636. The SMILES string of the molecule is N#Cc1ccc(NCC(C2CCOC2)N2CCCC2)c([N+](=O)[O-])c1. The van der Waals surface area contributed by atoms with E-state index in [1.54, 1.807) is 12.1 Å². The Hall–Kier alpha value is -2.17. The Morgan fingerprint density at radius 2 is 2.25 bits per heavy atom. The molecular formula is C17H22N4O3. The lowest BCUT2D eigenvalue weighted by molar-refractivity contribution is -0.384. The first kappa shape index (κ1) is 16.7. The maximum atomic E-state index is 11.3. The van der Waals surface area contributed by atoms with Crippen molar-refractivity contribution in [3.05, 3.63) is 33.9 Å². The second-order valence-corrected chi connectivity index (χ2v) is 6.42. The molecule has 0 spiro atoms. The van der Waals surface area contributed by atoms with Crippen molar-refractivity contribution in [2.75, 3.05) is 38.2 Å². The third-order valence-electron chi connectivity index (χ3n) is 4.94. The summed E-state index contributed by atoms with van der Waals surface area (Å²) in [6, 6.07) is 6.83. The average Bonchev–Trinajstić information content (AvgIpc) is 3.29. The number of nitrogens with zero attached hydrogens (tertiary/aromatic N) is 3. The summed E-state index contributed by atoms with van der Waals surface area (Å²) in [5.74, 6) is 0.466. The summed E-state index contributed by atoms with van der Waals surface area (Å²) < 4.78 is 5.54. The van der Waals surface area contributed by atoms with Gasteiger partial charge in [0.2, 0.25) is 0 Å². The number of hydrogen-bond donors (Lipinski definition) is 1. The molecule has 0 amide bonds. The van der Waals surface area contributed by atoms with Gasteiger partial charge in [-0.05, 0) is 44.5 Å². The van der Waals surface area contributed by atoms with Crippen LogP contribution in [0.15, 0.2) is 18.2 Å². The number of nitriles is 1. The highest BCUT2D eigenvalue weighted by atomic mass is 16.6. The summed E-state index contributed by atoms with van der Waals surface area (Å²) in [6.45, 7) is 4.38. The lowest BCUT2D eigenvalue weighted by Crippen LogP contribution is -2.44. The molecule has 2 atom stereocenters. The van der Waals surface area contributed by atoms with E-state index in [9.17, 15) is 10.1 Å². The van der Waals surface area contributed by atoms with Crippen LogP contribution in [0.5, 0.6) is 0 Å². The van der Waals surface area contributed by atoms with E-state index in [1.807, 2.05) is 6.07 Å². The maximum absolute atomic E-state index is 11.3. The van der Waals surface area contributed by atoms with Gasteiger partial charge in [-0.25, -0.2) is 0 Å². The van der Waals surface area contributed by atoms with E-state index in [-0.39, 0.29) is 5.69 Å². The molecule has 0 saturated carbocycles. The van der Waals surface area contributed by atoms with Gasteiger partial charge in [0.15, 0.2) is 0 Å². The van der Waals surface area contributed by atoms with Crippen LogP contribution in [0.2, 0.25) is 0 Å². The zero-order valence-corrected chi connectivity index (χ0v) is 13.6. The van der Waals surface area contributed by atoms with Gasteiger partial charge >= 0.3 is 0 Å². The Bertz CT molecular complexity index is 615. The second kappa shape index (κ2) is 7.60. The second-order valence-electron chi connectivity index (χ2n) is 6.42. The number of nitro benzene ring substituents is 1. The molecule has 128 valence electrons. The van der Waals surface area contributed by atoms with Crippen molar-refractivity contribution >= 4 is 11.4 Å². The first-order valence-electron chi connectivity index (χ1n) is 8.43. The van der Waals surface area contributed by atoms with Crippen LogP contribution in [0.4, 0.5) is 11.4 Å². The van der Waals surface area contributed by atoms with E-state index in [4.69, 9.17) is 10.00 Å². The molecule has 0 radical (unpaired) electrons. The fourth-order valence-corrected chi connectivity index (χ4v) is 3.64. The van der Waals surface area contributed by atoms with E-state index in [0.717, 1.165) is 32.7 Å². The standard InChI is InChI=1S/C17H22N4O3/c18-10-13-3-4-15(16(9-13)21(22)23)19-11-17(14-5-8-24-12-14)20-6-1-2-7-20/h3-4,9,14,17,19H,1-2,5-8,11-12H2. The minimum atomic E-state index is -0.438. The summed E-state index contributed by atoms with van der Waals surface area (Å²) in [7, 11) is 0. The van der Waals surface area contributed by atoms with E-state index < -0.39 is 4.92 Å². The molecule has 2 saturated heterocycles. The molecule has 0 bridgehead atoms. The van der Waals surface area contributed by atoms with Crippen molar-refractivity contribution in [3.8, 4) is 6.07 Å². The van der Waals surface area contributed by atoms with Crippen LogP contribution in [-0.2, 0) is 4.74 Å². The molecule has 2 fully saturated rings. The molecule has 2 aliphatic heterocycles. The minimum Gasteiger partial charge on any atom is -0.381 e. The first-order valence-corrected chi connectivity index (χ1v) is 8.43. The number of nitrogens with one attached hydrogen (secondary N) is 1. The van der Waals surface area contributed by atoms with Crippen LogP contribution >= 0.6 is 0 Å². The molecule has 1 aromatic carbocycles. The average molecular weight is 330 g/mol. The predicted molar refractivity (Wildman–Crippen MR) is 89.8 cm³/mol. The van der Waals surface area contributed by atoms with E-state index >= 15 is 0 Å². The Kier molecular flexibility index (Phi) is 5.28. The molecule has 0 aliphatic carbocycles. The summed E-state index contributed by atoms with van der Waals surface area (Å²) >= 11 is 0. The fraction of sp³-hybridized carbons (Fsp3) is 0.588. The third-order valence-corrected chi connectivity index (χ3v) is 4.94. The van der Waals surface area contributed by atoms with E-state index in [1.165, 1.54) is 18.9 Å². The molecule has 1 aromatic rings. The van der Waals surface area contributed by atoms with Gasteiger partial charge in [-0.2, -0.15) is 5.26 Å². The molecule has 24 heavy (non-hydrogen) atoms. The monoisotopic (exact) mass is 330 g/mol. The van der Waals surface area contributed by atoms with Gasteiger partial charge in [0, 0.05) is 31.2 Å². The van der Waals surface area contributed by atoms with Crippen molar-refractivity contribution in [1.29, 1.82) is 5.26 Å². The predicted octanol–water partition coefficient (Wildman–Crippen LogP) is 2.38. The molecule has 0 aromatic heterocycles. The minimum absolute atomic E-state index is 0.0445. The Morgan fingerprint density at radius 1 is 1.46 bits per heavy atom. The number of anilines is 1. The lowest BCUT2D eigenvalue weighted by Gasteiger charge is -2.32. The van der Waals surface area contributed by atoms with Crippen LogP contribution in [0, 0.1) is 27.4 Å². The Morgan fingerprint density at radius 3 is 2.88 bits per heavy atom. The molecule has 2 heterocycles. The number of rotatable bonds is 6. The topological polar surface area (TPSA) is 91.4 Å². The highest BCUT2D eigenvalue weighted by Gasteiger charge is 2.32. The zero-order chi connectivity index (χ0) is 16.9. The third kappa shape index (κ3) is 3.66. The highest BCUT2D eigenvalue weighted by molar-refractivity contribution is 5.64. The number of hydrogen-bond acceptors (Lipinski definition) is 6. The maximum Gasteiger partial charge on any atom is 0.293 e. The van der Waals surface area contributed by atoms with Crippen molar-refractivity contribution in [3.63, 3.8) is 0 Å². The van der Waals surface area contributed by atoms with Gasteiger partial charge in [0.25, 0.3) is 5.69 Å². The van der Waals surface area contributed by atoms with E-state index in [2.05, 4.69) is 10.2 Å². The summed E-state index contributed by atoms with van der Waals surface area (Å²) in [6.07, 6.45) is 3.46. The van der Waals surface area contributed by atoms with Gasteiger partial charge in [-0.1, -0.05) is 0 Å². The van der Waals surface area contributed by atoms with Crippen LogP contribution in [0.3, 0.4) is 0 Å². The van der Waals surface area contributed by atoms with Crippen LogP contribution in [-0.4, -0.2) is 48.7 Å². The largest absolute Gasteiger partial charge is 0.381 e. The van der Waals surface area contributed by atoms with Gasteiger partial charge in [0.1, 0.15) is 5.69 Å². The fourth-order valence-electron chi connectivity index (χ4n) is 3.64. The highest BCUT2D eigenvalue weighted by Crippen LogP contribution is 2.28. The van der Waals surface area contributed by atoms with Crippen molar-refractivity contribution in [2.45, 2.75) is 25.3 Å². The molecule has 1 N–H and O–H groups in total. The Balaban J connectivity index is 1.74. The number of ether oxygens (including phenoxy) is 1. The summed E-state index contributed by atoms with van der Waals surface area (Å²) in [4.78, 5) is 13.3. The molecule has 3 rings (SSSR count). The normalized spacial score (nSPS) is 22.2. The summed E-state index contributed by atoms with van der Waals surface area (Å²) in [5.41, 5.74) is 0.728. The lowest BCUT2D eigenvalue weighted by atomic mass is 9.97. The molecule has 7 nitrogen and oxygen atoms in total. The number of benzene rings is 1. The van der Waals surface area contributed by atoms with E-state index in [0.29, 0.717) is 29.8 Å². The molecule has 7 heteroatoms. The number of likely N-dealkylation sites (tertiary alicyclic amines) is 1. The molecular weight excluding hydrogens is 308 g/mol. The number of nitro groups is 1. The molecule has 2 aliphatic rings. The molecule has 2 unspecified atom stereocenters. The van der Waals surface area contributed by atoms with Crippen molar-refractivity contribution in [1.82, 2.24) is 4.90 Å². The van der Waals surface area contributed by atoms with Crippen LogP contribution in [0.1, 0.15) is 24.8 Å². The first-order chi connectivity index (χ1) is 11.7. The van der Waals surface area contributed by atoms with Crippen LogP contribution < -0.4 is 5.32 Å². The van der Waals surface area contributed by atoms with Gasteiger partial charge in [-0.3, -0.25) is 15.0 Å². The Labute approximate surface area is 141 Å². The van der Waals surface area contributed by atoms with Crippen molar-refractivity contribution < 1.29 is 9.66 Å². The smallest absolute Gasteiger partial charge is 0.293 e. The van der Waals surface area contributed by atoms with Gasteiger partial charge in [-0.15, -0.1) is 0 Å². The zero-order valence-electron chi connectivity index (χ0n) is 13.6.